The van der Waals surface area contributed by atoms with Crippen molar-refractivity contribution in [2.45, 2.75) is 39.0 Å². The molecule has 38 heavy (non-hydrogen) atoms. The number of hydrogen-bond donors (Lipinski definition) is 1. The van der Waals surface area contributed by atoms with Crippen LogP contribution in [0.15, 0.2) is 71.7 Å². The lowest BCUT2D eigenvalue weighted by molar-refractivity contribution is -0.129. The van der Waals surface area contributed by atoms with Crippen molar-refractivity contribution in [2.75, 3.05) is 11.9 Å². The first kappa shape index (κ1) is 27.4. The number of benzene rings is 3. The Balaban J connectivity index is 1.60. The predicted octanol–water partition coefficient (Wildman–Crippen LogP) is 6.29. The molecule has 9 heteroatoms. The van der Waals surface area contributed by atoms with Crippen molar-refractivity contribution >= 4 is 57.7 Å². The largest absolute Gasteiger partial charge is 0.462 e. The Bertz CT molecular complexity index is 1370. The number of nitrogens with zero attached hydrogens (tertiary/aromatic N) is 2. The molecule has 4 rings (SSSR count). The van der Waals surface area contributed by atoms with Crippen molar-refractivity contribution in [3.8, 4) is 0 Å². The zero-order valence-electron chi connectivity index (χ0n) is 21.4. The second kappa shape index (κ2) is 12.3. The molecule has 1 unspecified atom stereocenters. The number of rotatable bonds is 7. The number of nitrogens with one attached hydrogen (secondary N) is 1. The predicted molar refractivity (Wildman–Crippen MR) is 152 cm³/mol. The Morgan fingerprint density at radius 2 is 1.79 bits per heavy atom. The third-order valence-electron chi connectivity index (χ3n) is 5.93. The van der Waals surface area contributed by atoms with Crippen LogP contribution in [0.2, 0.25) is 5.02 Å². The summed E-state index contributed by atoms with van der Waals surface area (Å²) in [5.74, 6) is -0.880. The van der Waals surface area contributed by atoms with Gasteiger partial charge in [-0.05, 0) is 74.4 Å². The van der Waals surface area contributed by atoms with Crippen molar-refractivity contribution in [1.82, 2.24) is 4.90 Å². The van der Waals surface area contributed by atoms with Gasteiger partial charge in [-0.1, -0.05) is 53.2 Å². The quantitative estimate of drug-likeness (QED) is 0.350. The van der Waals surface area contributed by atoms with Gasteiger partial charge in [-0.25, -0.2) is 9.79 Å². The van der Waals surface area contributed by atoms with Crippen molar-refractivity contribution in [3.63, 3.8) is 0 Å². The van der Waals surface area contributed by atoms with Crippen molar-refractivity contribution in [1.29, 1.82) is 0 Å². The maximum Gasteiger partial charge on any atom is 0.338 e. The number of amides is 2. The number of carbonyl (C=O) groups is 3. The van der Waals surface area contributed by atoms with Gasteiger partial charge >= 0.3 is 5.97 Å². The molecule has 1 aliphatic rings. The molecule has 0 radical (unpaired) electrons. The Labute approximate surface area is 231 Å². The molecule has 0 saturated carbocycles. The fourth-order valence-corrected chi connectivity index (χ4v) is 5.16. The molecule has 1 N–H and O–H groups in total. The summed E-state index contributed by atoms with van der Waals surface area (Å²) in [5.41, 5.74) is 4.60. The summed E-state index contributed by atoms with van der Waals surface area (Å²) in [6, 6.07) is 19.7. The zero-order chi connectivity index (χ0) is 27.2. The second-order valence-corrected chi connectivity index (χ2v) is 10.5. The normalized spacial score (nSPS) is 16.4. The van der Waals surface area contributed by atoms with E-state index in [1.165, 1.54) is 11.8 Å². The number of aryl methyl sites for hydroxylation is 2. The lowest BCUT2D eigenvalue weighted by atomic mass is 10.1. The molecule has 196 valence electrons. The second-order valence-electron chi connectivity index (χ2n) is 8.89. The third kappa shape index (κ3) is 6.82. The van der Waals surface area contributed by atoms with Gasteiger partial charge in [0.2, 0.25) is 11.8 Å². The van der Waals surface area contributed by atoms with Gasteiger partial charge in [-0.15, -0.1) is 0 Å². The fraction of sp³-hybridized carbons (Fsp3) is 0.241. The molecule has 3 aromatic carbocycles. The number of aliphatic imine (C=N–C) groups is 1. The smallest absolute Gasteiger partial charge is 0.338 e. The molecule has 0 spiro atoms. The van der Waals surface area contributed by atoms with E-state index in [0.717, 1.165) is 16.7 Å². The van der Waals surface area contributed by atoms with Gasteiger partial charge in [0.1, 0.15) is 5.25 Å². The number of amidine groups is 1. The van der Waals surface area contributed by atoms with Crippen LogP contribution < -0.4 is 5.32 Å². The number of hydrogen-bond acceptors (Lipinski definition) is 6. The maximum absolute atomic E-state index is 13.3. The molecular formula is C29H28ClN3O4S. The number of carbonyl (C=O) groups excluding carboxylic acids is 3. The van der Waals surface area contributed by atoms with Gasteiger partial charge in [0.25, 0.3) is 0 Å². The van der Waals surface area contributed by atoms with Crippen LogP contribution in [0.25, 0.3) is 0 Å². The SMILES string of the molecule is CCOC(=O)c1ccc(N=C2SC(C(=O)Nc3ccc(C)cc3C)CC(=O)N2Cc2ccc(Cl)cc2)cc1. The first-order chi connectivity index (χ1) is 18.2. The molecule has 0 aromatic heterocycles. The van der Waals surface area contributed by atoms with E-state index < -0.39 is 11.2 Å². The summed E-state index contributed by atoms with van der Waals surface area (Å²) in [4.78, 5) is 44.8. The monoisotopic (exact) mass is 549 g/mol. The zero-order valence-corrected chi connectivity index (χ0v) is 22.9. The lowest BCUT2D eigenvalue weighted by Gasteiger charge is -2.32. The maximum atomic E-state index is 13.3. The van der Waals surface area contributed by atoms with E-state index in [9.17, 15) is 14.4 Å². The number of ether oxygens (including phenoxy) is 1. The molecule has 1 heterocycles. The fourth-order valence-electron chi connectivity index (χ4n) is 3.93. The van der Waals surface area contributed by atoms with Gasteiger partial charge in [-0.2, -0.15) is 0 Å². The highest BCUT2D eigenvalue weighted by molar-refractivity contribution is 8.15. The Morgan fingerprint density at radius 1 is 1.08 bits per heavy atom. The first-order valence-electron chi connectivity index (χ1n) is 12.2. The van der Waals surface area contributed by atoms with Gasteiger partial charge in [0, 0.05) is 17.1 Å². The molecule has 1 atom stereocenters. The molecule has 1 aliphatic heterocycles. The van der Waals surface area contributed by atoms with Crippen LogP contribution in [-0.2, 0) is 20.9 Å². The topological polar surface area (TPSA) is 88.1 Å². The molecule has 7 nitrogen and oxygen atoms in total. The van der Waals surface area contributed by atoms with E-state index >= 15 is 0 Å². The van der Waals surface area contributed by atoms with E-state index in [-0.39, 0.29) is 31.4 Å². The molecule has 2 amide bonds. The molecule has 1 saturated heterocycles. The van der Waals surface area contributed by atoms with Crippen LogP contribution in [0.5, 0.6) is 0 Å². The summed E-state index contributed by atoms with van der Waals surface area (Å²) in [7, 11) is 0. The summed E-state index contributed by atoms with van der Waals surface area (Å²) in [5, 5.41) is 3.32. The minimum atomic E-state index is -0.651. The van der Waals surface area contributed by atoms with Crippen LogP contribution in [-0.4, -0.2) is 39.7 Å². The average molecular weight is 550 g/mol. The highest BCUT2D eigenvalue weighted by Crippen LogP contribution is 2.31. The highest BCUT2D eigenvalue weighted by Gasteiger charge is 2.36. The molecule has 0 aliphatic carbocycles. The van der Waals surface area contributed by atoms with Gasteiger partial charge in [0.05, 0.1) is 24.4 Å². The van der Waals surface area contributed by atoms with Crippen molar-refractivity contribution in [2.24, 2.45) is 4.99 Å². The Hall–Kier alpha value is -3.62. The number of halogens is 1. The van der Waals surface area contributed by atoms with E-state index in [1.54, 1.807) is 48.2 Å². The van der Waals surface area contributed by atoms with E-state index in [0.29, 0.717) is 27.1 Å². The van der Waals surface area contributed by atoms with Crippen LogP contribution in [0.3, 0.4) is 0 Å². The van der Waals surface area contributed by atoms with Crippen molar-refractivity contribution < 1.29 is 19.1 Å². The van der Waals surface area contributed by atoms with Crippen LogP contribution >= 0.6 is 23.4 Å². The summed E-state index contributed by atoms with van der Waals surface area (Å²) < 4.78 is 5.04. The van der Waals surface area contributed by atoms with E-state index in [2.05, 4.69) is 5.32 Å². The Morgan fingerprint density at radius 3 is 2.45 bits per heavy atom. The van der Waals surface area contributed by atoms with E-state index in [4.69, 9.17) is 21.3 Å². The third-order valence-corrected chi connectivity index (χ3v) is 7.37. The molecular weight excluding hydrogens is 522 g/mol. The van der Waals surface area contributed by atoms with Crippen molar-refractivity contribution in [3.05, 3.63) is 94.0 Å². The summed E-state index contributed by atoms with van der Waals surface area (Å²) in [6.07, 6.45) is 0.0375. The standard InChI is InChI=1S/C29H28ClN3O4S/c1-4-37-28(36)21-8-12-23(13-9-21)31-29-33(17-20-6-10-22(30)11-7-20)26(34)16-25(38-29)27(35)32-24-14-5-18(2)15-19(24)3/h5-15,25H,4,16-17H2,1-3H3,(H,32,35). The number of anilines is 1. The molecule has 1 fully saturated rings. The van der Waals surface area contributed by atoms with Gasteiger partial charge in [-0.3, -0.25) is 14.5 Å². The van der Waals surface area contributed by atoms with Crippen LogP contribution in [0.1, 0.15) is 40.4 Å². The van der Waals surface area contributed by atoms with E-state index in [1.807, 2.05) is 44.2 Å². The lowest BCUT2D eigenvalue weighted by Crippen LogP contribution is -2.44. The average Bonchev–Trinajstić information content (AvgIpc) is 2.89. The number of thioether (sulfide) groups is 1. The minimum absolute atomic E-state index is 0.0375. The van der Waals surface area contributed by atoms with Crippen LogP contribution in [0.4, 0.5) is 11.4 Å². The van der Waals surface area contributed by atoms with Gasteiger partial charge < -0.3 is 10.1 Å². The minimum Gasteiger partial charge on any atom is -0.462 e. The number of esters is 1. The summed E-state index contributed by atoms with van der Waals surface area (Å²) in [6.45, 7) is 6.24. The van der Waals surface area contributed by atoms with Crippen LogP contribution in [0, 0.1) is 13.8 Å². The first-order valence-corrected chi connectivity index (χ1v) is 13.4. The van der Waals surface area contributed by atoms with Gasteiger partial charge in [0.15, 0.2) is 5.17 Å². The summed E-state index contributed by atoms with van der Waals surface area (Å²) >= 11 is 7.27. The molecule has 3 aromatic rings. The highest BCUT2D eigenvalue weighted by atomic mass is 35.5. The Kier molecular flexibility index (Phi) is 8.86. The molecule has 0 bridgehead atoms.